The van der Waals surface area contributed by atoms with E-state index in [1.165, 1.54) is 58.2 Å². The molecule has 19 heavy (non-hydrogen) atoms. The van der Waals surface area contributed by atoms with Crippen LogP contribution in [0.2, 0.25) is 0 Å². The Morgan fingerprint density at radius 1 is 0.895 bits per heavy atom. The summed E-state index contributed by atoms with van der Waals surface area (Å²) in [6, 6.07) is 0. The summed E-state index contributed by atoms with van der Waals surface area (Å²) >= 11 is 0. The lowest BCUT2D eigenvalue weighted by Gasteiger charge is -2.35. The summed E-state index contributed by atoms with van der Waals surface area (Å²) in [5.41, 5.74) is 0.427. The molecule has 2 nitrogen and oxygen atoms in total. The lowest BCUT2D eigenvalue weighted by atomic mass is 9.86. The Labute approximate surface area is 122 Å². The second kappa shape index (κ2) is 11.7. The molecule has 0 bridgehead atoms. The van der Waals surface area contributed by atoms with E-state index in [0.717, 1.165) is 13.1 Å². The van der Waals surface area contributed by atoms with E-state index in [4.69, 9.17) is 0 Å². The number of nitrogens with zero attached hydrogens (tertiary/aromatic N) is 1. The van der Waals surface area contributed by atoms with Crippen LogP contribution in [0.25, 0.3) is 0 Å². The van der Waals surface area contributed by atoms with Gasteiger partial charge in [0.1, 0.15) is 0 Å². The molecule has 0 radical (unpaired) electrons. The number of rotatable bonds is 13. The topological polar surface area (TPSA) is 15.3 Å². The van der Waals surface area contributed by atoms with E-state index in [0.29, 0.717) is 5.41 Å². The molecule has 1 atom stereocenters. The van der Waals surface area contributed by atoms with Crippen LogP contribution in [0.5, 0.6) is 0 Å². The van der Waals surface area contributed by atoms with Gasteiger partial charge in [-0.2, -0.15) is 0 Å². The van der Waals surface area contributed by atoms with Crippen LogP contribution < -0.4 is 5.32 Å². The van der Waals surface area contributed by atoms with Gasteiger partial charge in [-0.05, 0) is 50.7 Å². The summed E-state index contributed by atoms with van der Waals surface area (Å²) in [7, 11) is 0. The first-order valence-electron chi connectivity index (χ1n) is 8.54. The van der Waals surface area contributed by atoms with Crippen LogP contribution in [0, 0.1) is 5.41 Å². The van der Waals surface area contributed by atoms with Gasteiger partial charge < -0.3 is 10.2 Å². The molecule has 0 aliphatic rings. The molecule has 2 heteroatoms. The molecule has 0 aromatic rings. The van der Waals surface area contributed by atoms with Crippen molar-refractivity contribution in [1.29, 1.82) is 0 Å². The first-order valence-corrected chi connectivity index (χ1v) is 8.54. The molecule has 0 amide bonds. The summed E-state index contributed by atoms with van der Waals surface area (Å²) in [5, 5.41) is 3.62. The largest absolute Gasteiger partial charge is 0.316 e. The van der Waals surface area contributed by atoms with Gasteiger partial charge in [-0.15, -0.1) is 0 Å². The average molecular weight is 271 g/mol. The minimum Gasteiger partial charge on any atom is -0.316 e. The molecule has 0 aliphatic heterocycles. The summed E-state index contributed by atoms with van der Waals surface area (Å²) in [4.78, 5) is 2.70. The third-order valence-electron chi connectivity index (χ3n) is 4.09. The highest BCUT2D eigenvalue weighted by Gasteiger charge is 2.24. The van der Waals surface area contributed by atoms with E-state index < -0.39 is 0 Å². The summed E-state index contributed by atoms with van der Waals surface area (Å²) < 4.78 is 0. The van der Waals surface area contributed by atoms with Crippen molar-refractivity contribution in [2.45, 2.75) is 73.1 Å². The zero-order valence-corrected chi connectivity index (χ0v) is 14.2. The highest BCUT2D eigenvalue weighted by Crippen LogP contribution is 2.22. The van der Waals surface area contributed by atoms with Crippen molar-refractivity contribution < 1.29 is 0 Å². The maximum Gasteiger partial charge on any atom is 0.00474 e. The van der Waals surface area contributed by atoms with E-state index >= 15 is 0 Å². The Morgan fingerprint density at radius 2 is 1.47 bits per heavy atom. The number of nitrogens with one attached hydrogen (secondary N) is 1. The molecule has 0 aromatic heterocycles. The molecule has 1 N–H and O–H groups in total. The van der Waals surface area contributed by atoms with Gasteiger partial charge in [-0.1, -0.05) is 47.5 Å². The summed E-state index contributed by atoms with van der Waals surface area (Å²) in [6.07, 6.45) is 7.78. The molecule has 0 saturated carbocycles. The molecule has 0 fully saturated rings. The van der Waals surface area contributed by atoms with Gasteiger partial charge in [0.05, 0.1) is 0 Å². The van der Waals surface area contributed by atoms with Crippen molar-refractivity contribution in [3.63, 3.8) is 0 Å². The van der Waals surface area contributed by atoms with Crippen LogP contribution in [-0.2, 0) is 0 Å². The maximum atomic E-state index is 3.62. The minimum atomic E-state index is 0.427. The monoisotopic (exact) mass is 270 g/mol. The fourth-order valence-electron chi connectivity index (χ4n) is 2.43. The van der Waals surface area contributed by atoms with Crippen molar-refractivity contribution in [2.24, 2.45) is 5.41 Å². The third-order valence-corrected chi connectivity index (χ3v) is 4.09. The fraction of sp³-hybridized carbons (Fsp3) is 1.00. The standard InChI is InChI=1S/C17H38N2/c1-6-10-13-19(14-11-7-2)16-17(5,9-4)15-18-12-8-3/h18H,6-16H2,1-5H3. The molecule has 116 valence electrons. The Bertz CT molecular complexity index is 186. The van der Waals surface area contributed by atoms with Crippen molar-refractivity contribution >= 4 is 0 Å². The van der Waals surface area contributed by atoms with Crippen molar-refractivity contribution in [3.05, 3.63) is 0 Å². The first-order chi connectivity index (χ1) is 9.11. The van der Waals surface area contributed by atoms with Gasteiger partial charge in [-0.3, -0.25) is 0 Å². The molecule has 1 unspecified atom stereocenters. The molecule has 0 heterocycles. The predicted molar refractivity (Wildman–Crippen MR) is 87.8 cm³/mol. The normalized spacial score (nSPS) is 14.8. The molecule has 0 aliphatic carbocycles. The van der Waals surface area contributed by atoms with Crippen molar-refractivity contribution in [2.75, 3.05) is 32.7 Å². The van der Waals surface area contributed by atoms with E-state index in [9.17, 15) is 0 Å². The number of unbranched alkanes of at least 4 members (excludes halogenated alkanes) is 2. The Morgan fingerprint density at radius 3 is 1.89 bits per heavy atom. The second-order valence-corrected chi connectivity index (χ2v) is 6.32. The lowest BCUT2D eigenvalue weighted by molar-refractivity contribution is 0.151. The van der Waals surface area contributed by atoms with Gasteiger partial charge in [0, 0.05) is 13.1 Å². The molecular weight excluding hydrogens is 232 g/mol. The quantitative estimate of drug-likeness (QED) is 0.502. The van der Waals surface area contributed by atoms with E-state index in [1.54, 1.807) is 0 Å². The zero-order valence-electron chi connectivity index (χ0n) is 14.2. The average Bonchev–Trinajstić information content (AvgIpc) is 2.42. The fourth-order valence-corrected chi connectivity index (χ4v) is 2.43. The smallest absolute Gasteiger partial charge is 0.00474 e. The van der Waals surface area contributed by atoms with Crippen LogP contribution >= 0.6 is 0 Å². The Kier molecular flexibility index (Phi) is 11.7. The van der Waals surface area contributed by atoms with Crippen LogP contribution in [0.15, 0.2) is 0 Å². The predicted octanol–water partition coefficient (Wildman–Crippen LogP) is 4.30. The van der Waals surface area contributed by atoms with E-state index in [-0.39, 0.29) is 0 Å². The lowest BCUT2D eigenvalue weighted by Crippen LogP contribution is -2.43. The molecule has 0 rings (SSSR count). The van der Waals surface area contributed by atoms with Gasteiger partial charge in [-0.25, -0.2) is 0 Å². The van der Waals surface area contributed by atoms with Crippen LogP contribution in [-0.4, -0.2) is 37.6 Å². The SMILES string of the molecule is CCCCN(CCCC)CC(C)(CC)CNCCC. The van der Waals surface area contributed by atoms with Gasteiger partial charge >= 0.3 is 0 Å². The summed E-state index contributed by atoms with van der Waals surface area (Å²) in [5.74, 6) is 0. The molecule has 0 saturated heterocycles. The van der Waals surface area contributed by atoms with Gasteiger partial charge in [0.2, 0.25) is 0 Å². The van der Waals surface area contributed by atoms with E-state index in [2.05, 4.69) is 44.8 Å². The Balaban J connectivity index is 4.28. The molecule has 0 spiro atoms. The highest BCUT2D eigenvalue weighted by molar-refractivity contribution is 4.79. The number of hydrogen-bond acceptors (Lipinski definition) is 2. The van der Waals surface area contributed by atoms with Crippen LogP contribution in [0.4, 0.5) is 0 Å². The first kappa shape index (κ1) is 18.9. The minimum absolute atomic E-state index is 0.427. The zero-order chi connectivity index (χ0) is 14.6. The highest BCUT2D eigenvalue weighted by atomic mass is 15.1. The van der Waals surface area contributed by atoms with Crippen molar-refractivity contribution in [1.82, 2.24) is 10.2 Å². The molecular formula is C17H38N2. The van der Waals surface area contributed by atoms with Gasteiger partial charge in [0.15, 0.2) is 0 Å². The number of hydrogen-bond donors (Lipinski definition) is 1. The van der Waals surface area contributed by atoms with Crippen LogP contribution in [0.3, 0.4) is 0 Å². The second-order valence-electron chi connectivity index (χ2n) is 6.32. The van der Waals surface area contributed by atoms with Crippen LogP contribution in [0.1, 0.15) is 73.1 Å². The maximum absolute atomic E-state index is 3.62. The summed E-state index contributed by atoms with van der Waals surface area (Å²) in [6.45, 7) is 17.7. The van der Waals surface area contributed by atoms with E-state index in [1.807, 2.05) is 0 Å². The third kappa shape index (κ3) is 9.45. The Hall–Kier alpha value is -0.0800. The van der Waals surface area contributed by atoms with Crippen molar-refractivity contribution in [3.8, 4) is 0 Å². The van der Waals surface area contributed by atoms with Gasteiger partial charge in [0.25, 0.3) is 0 Å². The molecule has 0 aromatic carbocycles.